The summed E-state index contributed by atoms with van der Waals surface area (Å²) < 4.78 is 1.00. The zero-order valence-electron chi connectivity index (χ0n) is 9.72. The molecular weight excluding hydrogens is 345 g/mol. The lowest BCUT2D eigenvalue weighted by atomic mass is 9.73. The number of nitrogens with one attached hydrogen (secondary N) is 1. The molecule has 90 valence electrons. The molecule has 1 unspecified atom stereocenters. The monoisotopic (exact) mass is 357 g/mol. The molecule has 0 fully saturated rings. The predicted molar refractivity (Wildman–Crippen MR) is 80.8 cm³/mol. The van der Waals surface area contributed by atoms with Gasteiger partial charge in [0.25, 0.3) is 0 Å². The lowest BCUT2D eigenvalue weighted by Crippen LogP contribution is -2.34. The summed E-state index contributed by atoms with van der Waals surface area (Å²) in [6.07, 6.45) is 2.76. The molecule has 0 spiro atoms. The van der Waals surface area contributed by atoms with Gasteiger partial charge in [0.15, 0.2) is 0 Å². The second kappa shape index (κ2) is 5.15. The standard InChI is InChI=1S/C12H14BBr2NO/c13-5-3-12(4-6-14)9-2-1-8(15)7-10(9)16-11(12)17/h1-2,7H,3-6,13H2,(H,16,17). The van der Waals surface area contributed by atoms with Crippen molar-refractivity contribution >= 4 is 51.3 Å². The second-order valence-electron chi connectivity index (χ2n) is 4.42. The zero-order valence-corrected chi connectivity index (χ0v) is 12.9. The maximum absolute atomic E-state index is 12.3. The van der Waals surface area contributed by atoms with Crippen molar-refractivity contribution < 1.29 is 4.79 Å². The number of alkyl halides is 1. The van der Waals surface area contributed by atoms with Crippen LogP contribution in [-0.2, 0) is 10.2 Å². The SMILES string of the molecule is BCCC1(CCBr)C(=O)Nc2cc(Br)ccc21. The van der Waals surface area contributed by atoms with Crippen molar-refractivity contribution in [2.75, 3.05) is 10.6 Å². The molecule has 1 atom stereocenters. The van der Waals surface area contributed by atoms with Crippen LogP contribution in [0.4, 0.5) is 5.69 Å². The van der Waals surface area contributed by atoms with Crippen molar-refractivity contribution in [1.82, 2.24) is 0 Å². The Morgan fingerprint density at radius 2 is 2.12 bits per heavy atom. The lowest BCUT2D eigenvalue weighted by Gasteiger charge is -2.26. The molecule has 1 N–H and O–H groups in total. The number of hydrogen-bond acceptors (Lipinski definition) is 1. The van der Waals surface area contributed by atoms with Crippen molar-refractivity contribution in [2.45, 2.75) is 24.6 Å². The largest absolute Gasteiger partial charge is 0.325 e. The Labute approximate surface area is 119 Å². The summed E-state index contributed by atoms with van der Waals surface area (Å²) in [6.45, 7) is 0. The normalized spacial score (nSPS) is 22.4. The predicted octanol–water partition coefficient (Wildman–Crippen LogP) is 2.87. The summed E-state index contributed by atoms with van der Waals surface area (Å²) in [5.74, 6) is 0.145. The van der Waals surface area contributed by atoms with Gasteiger partial charge in [-0.3, -0.25) is 4.79 Å². The minimum atomic E-state index is -0.339. The highest BCUT2D eigenvalue weighted by molar-refractivity contribution is 9.10. The van der Waals surface area contributed by atoms with E-state index in [1.165, 1.54) is 0 Å². The fraction of sp³-hybridized carbons (Fsp3) is 0.417. The Kier molecular flexibility index (Phi) is 3.98. The van der Waals surface area contributed by atoms with Crippen LogP contribution in [0, 0.1) is 0 Å². The van der Waals surface area contributed by atoms with Crippen LogP contribution in [0.1, 0.15) is 18.4 Å². The fourth-order valence-electron chi connectivity index (χ4n) is 2.61. The number of halogens is 2. The highest BCUT2D eigenvalue weighted by atomic mass is 79.9. The van der Waals surface area contributed by atoms with Gasteiger partial charge in [0.2, 0.25) is 5.91 Å². The Morgan fingerprint density at radius 3 is 2.76 bits per heavy atom. The van der Waals surface area contributed by atoms with Crippen molar-refractivity contribution in [3.05, 3.63) is 28.2 Å². The number of amides is 1. The topological polar surface area (TPSA) is 29.1 Å². The first kappa shape index (κ1) is 13.2. The van der Waals surface area contributed by atoms with E-state index in [0.717, 1.165) is 40.2 Å². The van der Waals surface area contributed by atoms with Gasteiger partial charge in [-0.1, -0.05) is 44.2 Å². The molecule has 0 aliphatic carbocycles. The molecule has 1 aromatic rings. The third kappa shape index (κ3) is 2.19. The van der Waals surface area contributed by atoms with E-state index in [1.807, 2.05) is 12.1 Å². The minimum absolute atomic E-state index is 0.145. The fourth-order valence-corrected chi connectivity index (χ4v) is 3.65. The van der Waals surface area contributed by atoms with E-state index in [1.54, 1.807) is 0 Å². The number of rotatable bonds is 4. The molecule has 5 heteroatoms. The van der Waals surface area contributed by atoms with Gasteiger partial charge < -0.3 is 5.32 Å². The van der Waals surface area contributed by atoms with Crippen LogP contribution in [0.25, 0.3) is 0 Å². The van der Waals surface area contributed by atoms with Gasteiger partial charge in [0, 0.05) is 15.5 Å². The maximum Gasteiger partial charge on any atom is 0.235 e. The minimum Gasteiger partial charge on any atom is -0.325 e. The Morgan fingerprint density at radius 1 is 1.35 bits per heavy atom. The first-order valence-corrected chi connectivity index (χ1v) is 7.73. The molecule has 0 bridgehead atoms. The molecule has 2 rings (SSSR count). The summed E-state index contributed by atoms with van der Waals surface area (Å²) in [6, 6.07) is 6.06. The van der Waals surface area contributed by atoms with Crippen LogP contribution >= 0.6 is 31.9 Å². The van der Waals surface area contributed by atoms with Crippen molar-refractivity contribution in [1.29, 1.82) is 0 Å². The van der Waals surface area contributed by atoms with E-state index in [0.29, 0.717) is 0 Å². The van der Waals surface area contributed by atoms with Gasteiger partial charge in [-0.05, 0) is 30.5 Å². The van der Waals surface area contributed by atoms with E-state index < -0.39 is 0 Å². The molecule has 0 saturated heterocycles. The summed E-state index contributed by atoms with van der Waals surface area (Å²) in [5, 5.41) is 3.85. The first-order chi connectivity index (χ1) is 8.14. The summed E-state index contributed by atoms with van der Waals surface area (Å²) in [5.41, 5.74) is 1.76. The van der Waals surface area contributed by atoms with Crippen LogP contribution in [0.3, 0.4) is 0 Å². The molecule has 1 aliphatic rings. The highest BCUT2D eigenvalue weighted by Gasteiger charge is 2.45. The third-order valence-corrected chi connectivity index (χ3v) is 4.27. The molecule has 0 saturated carbocycles. The van der Waals surface area contributed by atoms with Crippen LogP contribution < -0.4 is 5.32 Å². The average Bonchev–Trinajstić information content (AvgIpc) is 2.53. The number of anilines is 1. The van der Waals surface area contributed by atoms with Gasteiger partial charge in [-0.25, -0.2) is 0 Å². The average molecular weight is 359 g/mol. The van der Waals surface area contributed by atoms with Crippen LogP contribution in [0.15, 0.2) is 22.7 Å². The Balaban J connectivity index is 2.50. The lowest BCUT2D eigenvalue weighted by molar-refractivity contribution is -0.121. The first-order valence-electron chi connectivity index (χ1n) is 5.81. The number of fused-ring (bicyclic) bond motifs is 1. The summed E-state index contributed by atoms with van der Waals surface area (Å²) >= 11 is 6.91. The number of carbonyl (C=O) groups excluding carboxylic acids is 1. The molecule has 1 aliphatic heterocycles. The van der Waals surface area contributed by atoms with Gasteiger partial charge in [0.05, 0.1) is 5.41 Å². The summed E-state index contributed by atoms with van der Waals surface area (Å²) in [7, 11) is 2.13. The zero-order chi connectivity index (χ0) is 12.5. The second-order valence-corrected chi connectivity index (χ2v) is 6.12. The van der Waals surface area contributed by atoms with E-state index in [-0.39, 0.29) is 11.3 Å². The highest BCUT2D eigenvalue weighted by Crippen LogP contribution is 2.44. The number of benzene rings is 1. The van der Waals surface area contributed by atoms with Crippen LogP contribution in [0.5, 0.6) is 0 Å². The van der Waals surface area contributed by atoms with E-state index in [2.05, 4.69) is 51.1 Å². The molecule has 0 aromatic heterocycles. The van der Waals surface area contributed by atoms with E-state index in [9.17, 15) is 4.79 Å². The van der Waals surface area contributed by atoms with Crippen molar-refractivity contribution in [3.63, 3.8) is 0 Å². The van der Waals surface area contributed by atoms with E-state index >= 15 is 0 Å². The van der Waals surface area contributed by atoms with Gasteiger partial charge in [-0.15, -0.1) is 0 Å². The molecule has 17 heavy (non-hydrogen) atoms. The maximum atomic E-state index is 12.3. The van der Waals surface area contributed by atoms with Crippen molar-refractivity contribution in [3.8, 4) is 0 Å². The van der Waals surface area contributed by atoms with Gasteiger partial charge in [-0.2, -0.15) is 0 Å². The van der Waals surface area contributed by atoms with Gasteiger partial charge >= 0.3 is 0 Å². The smallest absolute Gasteiger partial charge is 0.235 e. The molecule has 1 amide bonds. The van der Waals surface area contributed by atoms with E-state index in [4.69, 9.17) is 0 Å². The van der Waals surface area contributed by atoms with Crippen molar-refractivity contribution in [2.24, 2.45) is 0 Å². The molecule has 1 heterocycles. The number of hydrogen-bond donors (Lipinski definition) is 1. The quantitative estimate of drug-likeness (QED) is 0.651. The van der Waals surface area contributed by atoms with Gasteiger partial charge in [0.1, 0.15) is 7.85 Å². The summed E-state index contributed by atoms with van der Waals surface area (Å²) in [4.78, 5) is 12.3. The Hall–Kier alpha value is -0.285. The molecular formula is C12H14BBr2NO. The van der Waals surface area contributed by atoms with Crippen LogP contribution in [-0.4, -0.2) is 19.1 Å². The van der Waals surface area contributed by atoms with Crippen LogP contribution in [0.2, 0.25) is 6.32 Å². The third-order valence-electron chi connectivity index (χ3n) is 3.38. The molecule has 2 nitrogen and oxygen atoms in total. The number of carbonyl (C=O) groups is 1. The molecule has 0 radical (unpaired) electrons. The Bertz CT molecular complexity index is 444. The molecule has 1 aromatic carbocycles.